The second-order valence-corrected chi connectivity index (χ2v) is 7.22. The molecule has 2 aromatic heterocycles. The number of piperazine rings is 1. The number of anilines is 1. The number of nitrogens with one attached hydrogen (secondary N) is 1. The van der Waals surface area contributed by atoms with Gasteiger partial charge in [0, 0.05) is 55.4 Å². The van der Waals surface area contributed by atoms with Gasteiger partial charge in [0.05, 0.1) is 0 Å². The topological polar surface area (TPSA) is 69.3 Å². The Morgan fingerprint density at radius 2 is 2.04 bits per heavy atom. The first-order valence-corrected chi connectivity index (χ1v) is 9.21. The quantitative estimate of drug-likeness (QED) is 0.907. The van der Waals surface area contributed by atoms with Gasteiger partial charge in [0.1, 0.15) is 5.69 Å². The molecule has 1 aliphatic carbocycles. The van der Waals surface area contributed by atoms with E-state index in [2.05, 4.69) is 14.9 Å². The van der Waals surface area contributed by atoms with Crippen LogP contribution in [0.15, 0.2) is 11.6 Å². The van der Waals surface area contributed by atoms with Gasteiger partial charge in [-0.25, -0.2) is 4.98 Å². The Labute approximate surface area is 144 Å². The van der Waals surface area contributed by atoms with Gasteiger partial charge in [0.25, 0.3) is 5.91 Å². The van der Waals surface area contributed by atoms with Crippen LogP contribution in [0.4, 0.5) is 5.13 Å². The molecule has 4 rings (SSSR count). The molecule has 0 bridgehead atoms. The highest BCUT2D eigenvalue weighted by Crippen LogP contribution is 2.27. The molecular weight excluding hydrogens is 324 g/mol. The summed E-state index contributed by atoms with van der Waals surface area (Å²) in [4.78, 5) is 36.7. The molecule has 1 aliphatic heterocycles. The average molecular weight is 344 g/mol. The molecule has 0 unspecified atom stereocenters. The summed E-state index contributed by atoms with van der Waals surface area (Å²) in [6.07, 6.45) is 4.12. The molecule has 2 aromatic rings. The normalized spacial score (nSPS) is 18.0. The Bertz CT molecular complexity index is 773. The molecule has 7 heteroatoms. The van der Waals surface area contributed by atoms with Gasteiger partial charge < -0.3 is 14.8 Å². The minimum atomic E-state index is 0.00786. The van der Waals surface area contributed by atoms with Crippen molar-refractivity contribution < 1.29 is 9.59 Å². The Hall–Kier alpha value is -2.15. The van der Waals surface area contributed by atoms with E-state index in [0.29, 0.717) is 25.2 Å². The number of amides is 1. The highest BCUT2D eigenvalue weighted by molar-refractivity contribution is 7.13. The van der Waals surface area contributed by atoms with Crippen molar-refractivity contribution in [2.45, 2.75) is 26.2 Å². The molecule has 1 fully saturated rings. The second-order valence-electron chi connectivity index (χ2n) is 6.35. The minimum absolute atomic E-state index is 0.00786. The first-order chi connectivity index (χ1) is 11.6. The van der Waals surface area contributed by atoms with Crippen LogP contribution in [0.2, 0.25) is 0 Å². The maximum Gasteiger partial charge on any atom is 0.270 e. The molecule has 0 aromatic carbocycles. The van der Waals surface area contributed by atoms with Crippen LogP contribution in [0.5, 0.6) is 0 Å². The van der Waals surface area contributed by atoms with E-state index in [1.807, 2.05) is 17.2 Å². The monoisotopic (exact) mass is 344 g/mol. The molecule has 0 radical (unpaired) electrons. The summed E-state index contributed by atoms with van der Waals surface area (Å²) in [5.74, 6) is 0.172. The number of aromatic nitrogens is 2. The number of carbonyl (C=O) groups is 2. The van der Waals surface area contributed by atoms with Gasteiger partial charge in [-0.3, -0.25) is 9.59 Å². The Morgan fingerprint density at radius 1 is 1.25 bits per heavy atom. The first-order valence-electron chi connectivity index (χ1n) is 8.33. The maximum atomic E-state index is 12.9. The number of aromatic amines is 1. The molecular formula is C17H20N4O2S. The van der Waals surface area contributed by atoms with Crippen LogP contribution in [-0.4, -0.2) is 52.7 Å². The van der Waals surface area contributed by atoms with Crippen molar-refractivity contribution in [3.63, 3.8) is 0 Å². The van der Waals surface area contributed by atoms with Crippen molar-refractivity contribution in [1.29, 1.82) is 0 Å². The number of fused-ring (bicyclic) bond motifs is 1. The molecule has 24 heavy (non-hydrogen) atoms. The Balaban J connectivity index is 1.50. The number of hydrogen-bond donors (Lipinski definition) is 1. The lowest BCUT2D eigenvalue weighted by Crippen LogP contribution is -2.49. The molecule has 1 N–H and O–H groups in total. The molecule has 3 heterocycles. The first kappa shape index (κ1) is 15.4. The summed E-state index contributed by atoms with van der Waals surface area (Å²) >= 11 is 1.62. The number of thiazole rings is 1. The highest BCUT2D eigenvalue weighted by Gasteiger charge is 2.30. The van der Waals surface area contributed by atoms with Crippen molar-refractivity contribution in [1.82, 2.24) is 14.9 Å². The zero-order valence-corrected chi connectivity index (χ0v) is 14.5. The van der Waals surface area contributed by atoms with E-state index in [-0.39, 0.29) is 11.7 Å². The number of H-pyrrole nitrogens is 1. The lowest BCUT2D eigenvalue weighted by molar-refractivity contribution is 0.0740. The van der Waals surface area contributed by atoms with Crippen LogP contribution in [0.1, 0.15) is 44.9 Å². The number of ketones is 1. The van der Waals surface area contributed by atoms with Gasteiger partial charge in [-0.1, -0.05) is 0 Å². The number of hydrogen-bond acceptors (Lipinski definition) is 5. The van der Waals surface area contributed by atoms with Crippen LogP contribution in [0, 0.1) is 6.92 Å². The van der Waals surface area contributed by atoms with Crippen LogP contribution in [0.3, 0.4) is 0 Å². The molecule has 0 saturated carbocycles. The number of carbonyl (C=O) groups excluding carboxylic acids is 2. The fourth-order valence-corrected chi connectivity index (χ4v) is 4.32. The fourth-order valence-electron chi connectivity index (χ4n) is 3.62. The minimum Gasteiger partial charge on any atom is -0.354 e. The number of nitrogens with zero attached hydrogens (tertiary/aromatic N) is 3. The third-order valence-corrected chi connectivity index (χ3v) is 5.74. The predicted octanol–water partition coefficient (Wildman–Crippen LogP) is 2.26. The number of Topliss-reactive ketones (excluding diaryl/α,β-unsaturated/α-hetero) is 1. The summed E-state index contributed by atoms with van der Waals surface area (Å²) in [5, 5.41) is 2.98. The van der Waals surface area contributed by atoms with E-state index in [0.717, 1.165) is 47.9 Å². The van der Waals surface area contributed by atoms with Crippen LogP contribution in [-0.2, 0) is 6.42 Å². The Morgan fingerprint density at radius 3 is 2.71 bits per heavy atom. The lowest BCUT2D eigenvalue weighted by Gasteiger charge is -2.34. The van der Waals surface area contributed by atoms with E-state index in [1.54, 1.807) is 17.5 Å². The summed E-state index contributed by atoms with van der Waals surface area (Å²) in [7, 11) is 0. The van der Waals surface area contributed by atoms with Gasteiger partial charge in [-0.15, -0.1) is 11.3 Å². The zero-order chi connectivity index (χ0) is 16.7. The van der Waals surface area contributed by atoms with Crippen molar-refractivity contribution in [2.24, 2.45) is 0 Å². The lowest BCUT2D eigenvalue weighted by atomic mass is 9.93. The largest absolute Gasteiger partial charge is 0.354 e. The van der Waals surface area contributed by atoms with Gasteiger partial charge >= 0.3 is 0 Å². The molecule has 1 saturated heterocycles. The van der Waals surface area contributed by atoms with Crippen molar-refractivity contribution in [3.05, 3.63) is 34.1 Å². The van der Waals surface area contributed by atoms with Crippen LogP contribution >= 0.6 is 11.3 Å². The summed E-state index contributed by atoms with van der Waals surface area (Å²) in [6, 6.07) is 0. The van der Waals surface area contributed by atoms with Crippen LogP contribution in [0.25, 0.3) is 0 Å². The van der Waals surface area contributed by atoms with Gasteiger partial charge in [-0.05, 0) is 25.3 Å². The third kappa shape index (κ3) is 2.53. The molecule has 6 nitrogen and oxygen atoms in total. The van der Waals surface area contributed by atoms with E-state index in [4.69, 9.17) is 0 Å². The smallest absolute Gasteiger partial charge is 0.270 e. The molecule has 0 atom stereocenters. The van der Waals surface area contributed by atoms with Gasteiger partial charge in [0.15, 0.2) is 10.9 Å². The molecule has 126 valence electrons. The van der Waals surface area contributed by atoms with E-state index in [9.17, 15) is 9.59 Å². The highest BCUT2D eigenvalue weighted by atomic mass is 32.1. The van der Waals surface area contributed by atoms with Crippen molar-refractivity contribution in [2.75, 3.05) is 31.1 Å². The van der Waals surface area contributed by atoms with Crippen LogP contribution < -0.4 is 4.90 Å². The molecule has 0 spiro atoms. The molecule has 2 aliphatic rings. The fraction of sp³-hybridized carbons (Fsp3) is 0.471. The molecule has 1 amide bonds. The average Bonchev–Trinajstić information content (AvgIpc) is 3.23. The zero-order valence-electron chi connectivity index (χ0n) is 13.7. The standard InChI is InChI=1S/C17H20N4O2S/c1-11-14-12(3-2-4-13(14)22)19-15(11)16(23)20-6-8-21(9-7-20)17-18-5-10-24-17/h5,10,19H,2-4,6-9H2,1H3. The SMILES string of the molecule is Cc1c(C(=O)N2CCN(c3nccs3)CC2)[nH]c2c1C(=O)CCC2. The summed E-state index contributed by atoms with van der Waals surface area (Å²) in [6.45, 7) is 4.82. The van der Waals surface area contributed by atoms with E-state index < -0.39 is 0 Å². The van der Waals surface area contributed by atoms with Crippen molar-refractivity contribution in [3.8, 4) is 0 Å². The summed E-state index contributed by atoms with van der Waals surface area (Å²) < 4.78 is 0. The van der Waals surface area contributed by atoms with Gasteiger partial charge in [-0.2, -0.15) is 0 Å². The Kier molecular flexibility index (Phi) is 3.88. The number of aryl methyl sites for hydroxylation is 1. The maximum absolute atomic E-state index is 12.9. The van der Waals surface area contributed by atoms with E-state index in [1.165, 1.54) is 0 Å². The predicted molar refractivity (Wildman–Crippen MR) is 93.0 cm³/mol. The van der Waals surface area contributed by atoms with Gasteiger partial charge in [0.2, 0.25) is 0 Å². The van der Waals surface area contributed by atoms with Crippen molar-refractivity contribution >= 4 is 28.2 Å². The number of rotatable bonds is 2. The second kappa shape index (κ2) is 6.05. The third-order valence-electron chi connectivity index (χ3n) is 4.91. The van der Waals surface area contributed by atoms with E-state index >= 15 is 0 Å². The summed E-state index contributed by atoms with van der Waals surface area (Å²) in [5.41, 5.74) is 3.11.